The second-order valence-electron chi connectivity index (χ2n) is 3.86. The molecule has 0 radical (unpaired) electrons. The van der Waals surface area contributed by atoms with Gasteiger partial charge in [0.2, 0.25) is 0 Å². The van der Waals surface area contributed by atoms with Crippen molar-refractivity contribution in [2.24, 2.45) is 0 Å². The lowest BCUT2D eigenvalue weighted by atomic mass is 10.1. The topological polar surface area (TPSA) is 67.8 Å². The summed E-state index contributed by atoms with van der Waals surface area (Å²) in [6, 6.07) is 4.69. The standard InChI is InChI=1S/C13H19NO4/c1-4-18-11-6-5-10(7-12(11)17-3)13(16)14-9(2)8-15/h5-7,9,15H,4,8H2,1-3H3,(H,14,16)/t9-/m1/s1. The summed E-state index contributed by atoms with van der Waals surface area (Å²) in [4.78, 5) is 11.8. The molecule has 18 heavy (non-hydrogen) atoms. The monoisotopic (exact) mass is 253 g/mol. The second kappa shape index (κ2) is 6.86. The third-order valence-corrected chi connectivity index (χ3v) is 2.38. The molecule has 1 aromatic carbocycles. The summed E-state index contributed by atoms with van der Waals surface area (Å²) in [5, 5.41) is 11.5. The van der Waals surface area contributed by atoms with Crippen LogP contribution in [0.25, 0.3) is 0 Å². The van der Waals surface area contributed by atoms with Crippen molar-refractivity contribution in [1.29, 1.82) is 0 Å². The van der Waals surface area contributed by atoms with Gasteiger partial charge in [0.25, 0.3) is 5.91 Å². The first-order valence-electron chi connectivity index (χ1n) is 5.84. The van der Waals surface area contributed by atoms with E-state index in [1.807, 2.05) is 6.92 Å². The maximum absolute atomic E-state index is 11.8. The van der Waals surface area contributed by atoms with Crippen molar-refractivity contribution in [3.8, 4) is 11.5 Å². The van der Waals surface area contributed by atoms with E-state index >= 15 is 0 Å². The number of carbonyl (C=O) groups excluding carboxylic acids is 1. The first-order valence-corrected chi connectivity index (χ1v) is 5.84. The van der Waals surface area contributed by atoms with Gasteiger partial charge in [-0.25, -0.2) is 0 Å². The zero-order valence-electron chi connectivity index (χ0n) is 10.9. The lowest BCUT2D eigenvalue weighted by Crippen LogP contribution is -2.34. The maximum atomic E-state index is 11.8. The molecule has 0 aliphatic carbocycles. The van der Waals surface area contributed by atoms with Crippen LogP contribution in [0.3, 0.4) is 0 Å². The molecule has 2 N–H and O–H groups in total. The van der Waals surface area contributed by atoms with Gasteiger partial charge in [-0.05, 0) is 32.0 Å². The fourth-order valence-corrected chi connectivity index (χ4v) is 1.44. The summed E-state index contributed by atoms with van der Waals surface area (Å²) in [5.41, 5.74) is 0.468. The van der Waals surface area contributed by atoms with Crippen molar-refractivity contribution in [2.75, 3.05) is 20.3 Å². The molecule has 1 atom stereocenters. The van der Waals surface area contributed by atoms with Gasteiger partial charge in [0, 0.05) is 11.6 Å². The first kappa shape index (κ1) is 14.3. The molecule has 1 amide bonds. The fourth-order valence-electron chi connectivity index (χ4n) is 1.44. The van der Waals surface area contributed by atoms with Crippen LogP contribution < -0.4 is 14.8 Å². The lowest BCUT2D eigenvalue weighted by Gasteiger charge is -2.13. The molecule has 5 heteroatoms. The number of benzene rings is 1. The van der Waals surface area contributed by atoms with E-state index in [4.69, 9.17) is 14.6 Å². The Morgan fingerprint density at radius 3 is 2.72 bits per heavy atom. The van der Waals surface area contributed by atoms with Crippen molar-refractivity contribution in [3.05, 3.63) is 23.8 Å². The molecule has 0 saturated carbocycles. The maximum Gasteiger partial charge on any atom is 0.251 e. The normalized spacial score (nSPS) is 11.8. The van der Waals surface area contributed by atoms with Crippen LogP contribution in [0.4, 0.5) is 0 Å². The Morgan fingerprint density at radius 1 is 1.44 bits per heavy atom. The van der Waals surface area contributed by atoms with Crippen molar-refractivity contribution in [1.82, 2.24) is 5.32 Å². The van der Waals surface area contributed by atoms with Crippen LogP contribution in [0.15, 0.2) is 18.2 Å². The van der Waals surface area contributed by atoms with E-state index < -0.39 is 0 Å². The number of carbonyl (C=O) groups is 1. The molecule has 0 fully saturated rings. The Morgan fingerprint density at radius 2 is 2.17 bits per heavy atom. The number of methoxy groups -OCH3 is 1. The summed E-state index contributed by atoms with van der Waals surface area (Å²) >= 11 is 0. The van der Waals surface area contributed by atoms with Crippen LogP contribution in [0, 0.1) is 0 Å². The number of hydrogen-bond acceptors (Lipinski definition) is 4. The van der Waals surface area contributed by atoms with E-state index in [9.17, 15) is 4.79 Å². The summed E-state index contributed by atoms with van der Waals surface area (Å²) in [6.07, 6.45) is 0. The molecule has 0 saturated heterocycles. The first-order chi connectivity index (χ1) is 8.62. The number of amides is 1. The van der Waals surface area contributed by atoms with Crippen LogP contribution in [-0.2, 0) is 0 Å². The highest BCUT2D eigenvalue weighted by Crippen LogP contribution is 2.27. The zero-order chi connectivity index (χ0) is 13.5. The van der Waals surface area contributed by atoms with Crippen LogP contribution in [0.1, 0.15) is 24.2 Å². The van der Waals surface area contributed by atoms with Gasteiger partial charge in [0.15, 0.2) is 11.5 Å². The highest BCUT2D eigenvalue weighted by Gasteiger charge is 2.12. The fraction of sp³-hybridized carbons (Fsp3) is 0.462. The van der Waals surface area contributed by atoms with Gasteiger partial charge in [-0.15, -0.1) is 0 Å². The van der Waals surface area contributed by atoms with E-state index in [0.717, 1.165) is 0 Å². The summed E-state index contributed by atoms with van der Waals surface area (Å²) in [7, 11) is 1.52. The van der Waals surface area contributed by atoms with Gasteiger partial charge in [-0.2, -0.15) is 0 Å². The average Bonchev–Trinajstić information content (AvgIpc) is 2.39. The number of nitrogens with one attached hydrogen (secondary N) is 1. The smallest absolute Gasteiger partial charge is 0.251 e. The predicted octanol–water partition coefficient (Wildman–Crippen LogP) is 1.20. The van der Waals surface area contributed by atoms with E-state index in [-0.39, 0.29) is 18.6 Å². The molecule has 0 heterocycles. The Balaban J connectivity index is 2.87. The van der Waals surface area contributed by atoms with E-state index in [0.29, 0.717) is 23.7 Å². The van der Waals surface area contributed by atoms with E-state index in [1.54, 1.807) is 25.1 Å². The van der Waals surface area contributed by atoms with Gasteiger partial charge < -0.3 is 19.9 Å². The highest BCUT2D eigenvalue weighted by molar-refractivity contribution is 5.95. The van der Waals surface area contributed by atoms with Crippen LogP contribution >= 0.6 is 0 Å². The summed E-state index contributed by atoms with van der Waals surface area (Å²) in [6.45, 7) is 4.04. The molecule has 100 valence electrons. The molecule has 0 aliphatic rings. The molecule has 1 rings (SSSR count). The molecule has 0 aliphatic heterocycles. The van der Waals surface area contributed by atoms with Gasteiger partial charge in [-0.1, -0.05) is 0 Å². The minimum absolute atomic E-state index is 0.0973. The molecule has 0 spiro atoms. The highest BCUT2D eigenvalue weighted by atomic mass is 16.5. The third kappa shape index (κ3) is 3.63. The zero-order valence-corrected chi connectivity index (χ0v) is 10.9. The van der Waals surface area contributed by atoms with Crippen molar-refractivity contribution in [2.45, 2.75) is 19.9 Å². The van der Waals surface area contributed by atoms with Crippen LogP contribution in [0.5, 0.6) is 11.5 Å². The Hall–Kier alpha value is -1.75. The minimum Gasteiger partial charge on any atom is -0.493 e. The van der Waals surface area contributed by atoms with Crippen molar-refractivity contribution in [3.63, 3.8) is 0 Å². The van der Waals surface area contributed by atoms with Gasteiger partial charge in [0.05, 0.1) is 20.3 Å². The molecular weight excluding hydrogens is 234 g/mol. The largest absolute Gasteiger partial charge is 0.493 e. The van der Waals surface area contributed by atoms with Crippen molar-refractivity contribution >= 4 is 5.91 Å². The van der Waals surface area contributed by atoms with E-state index in [1.165, 1.54) is 7.11 Å². The van der Waals surface area contributed by atoms with Crippen LogP contribution in [0.2, 0.25) is 0 Å². The molecule has 5 nitrogen and oxygen atoms in total. The lowest BCUT2D eigenvalue weighted by molar-refractivity contribution is 0.0922. The number of aliphatic hydroxyl groups is 1. The quantitative estimate of drug-likeness (QED) is 0.799. The van der Waals surface area contributed by atoms with Gasteiger partial charge in [0.1, 0.15) is 0 Å². The SMILES string of the molecule is CCOc1ccc(C(=O)N[C@H](C)CO)cc1OC. The summed E-state index contributed by atoms with van der Waals surface area (Å²) < 4.78 is 10.5. The van der Waals surface area contributed by atoms with Crippen LogP contribution in [-0.4, -0.2) is 37.4 Å². The molecule has 0 unspecified atom stereocenters. The molecule has 0 bridgehead atoms. The predicted molar refractivity (Wildman–Crippen MR) is 68.2 cm³/mol. The Kier molecular flexibility index (Phi) is 5.45. The molecular formula is C13H19NO4. The molecule has 1 aromatic rings. The Bertz CT molecular complexity index is 406. The second-order valence-corrected chi connectivity index (χ2v) is 3.86. The van der Waals surface area contributed by atoms with Gasteiger partial charge in [-0.3, -0.25) is 4.79 Å². The number of aliphatic hydroxyl groups excluding tert-OH is 1. The molecule has 0 aromatic heterocycles. The Labute approximate surface area is 107 Å². The number of hydrogen-bond donors (Lipinski definition) is 2. The van der Waals surface area contributed by atoms with E-state index in [2.05, 4.69) is 5.32 Å². The number of rotatable bonds is 6. The summed E-state index contributed by atoms with van der Waals surface area (Å²) in [5.74, 6) is 0.866. The van der Waals surface area contributed by atoms with Crippen molar-refractivity contribution < 1.29 is 19.4 Å². The third-order valence-electron chi connectivity index (χ3n) is 2.38. The average molecular weight is 253 g/mol. The van der Waals surface area contributed by atoms with Gasteiger partial charge >= 0.3 is 0 Å². The minimum atomic E-state index is -0.282. The number of ether oxygens (including phenoxy) is 2.